The van der Waals surface area contributed by atoms with E-state index in [1.54, 1.807) is 6.07 Å². The molecule has 1 unspecified atom stereocenters. The summed E-state index contributed by atoms with van der Waals surface area (Å²) in [6, 6.07) is 3.11. The average Bonchev–Trinajstić information content (AvgIpc) is 2.33. The van der Waals surface area contributed by atoms with E-state index in [2.05, 4.69) is 41.3 Å². The number of nitrogens with one attached hydrogen (secondary N) is 1. The van der Waals surface area contributed by atoms with Gasteiger partial charge in [-0.1, -0.05) is 15.9 Å². The zero-order valence-electron chi connectivity index (χ0n) is 10.7. The SMILES string of the molecule is COC(CNS(=O)(=O)c1cc(Br)c(C)cc1Br)C(=O)O. The van der Waals surface area contributed by atoms with E-state index >= 15 is 0 Å². The van der Waals surface area contributed by atoms with E-state index in [1.807, 2.05) is 6.92 Å². The Hall–Kier alpha value is -0.480. The first kappa shape index (κ1) is 17.6. The van der Waals surface area contributed by atoms with Crippen LogP contribution in [-0.4, -0.2) is 39.3 Å². The van der Waals surface area contributed by atoms with Crippen LogP contribution in [0.3, 0.4) is 0 Å². The molecule has 1 aromatic rings. The van der Waals surface area contributed by atoms with E-state index in [-0.39, 0.29) is 11.4 Å². The summed E-state index contributed by atoms with van der Waals surface area (Å²) in [6.07, 6.45) is -1.24. The quantitative estimate of drug-likeness (QED) is 0.718. The van der Waals surface area contributed by atoms with Gasteiger partial charge < -0.3 is 9.84 Å². The summed E-state index contributed by atoms with van der Waals surface area (Å²) < 4.78 is 32.2. The number of hydrogen-bond donors (Lipinski definition) is 2. The topological polar surface area (TPSA) is 92.7 Å². The number of hydrogen-bond acceptors (Lipinski definition) is 4. The van der Waals surface area contributed by atoms with E-state index in [9.17, 15) is 13.2 Å². The van der Waals surface area contributed by atoms with Gasteiger partial charge in [-0.25, -0.2) is 17.9 Å². The zero-order valence-corrected chi connectivity index (χ0v) is 14.7. The molecule has 0 aliphatic heterocycles. The second-order valence-corrected chi connectivity index (χ2v) is 7.39. The lowest BCUT2D eigenvalue weighted by atomic mass is 10.2. The van der Waals surface area contributed by atoms with Gasteiger partial charge in [-0.3, -0.25) is 0 Å². The molecule has 0 saturated carbocycles. The number of carbonyl (C=O) groups is 1. The van der Waals surface area contributed by atoms with Gasteiger partial charge in [0.05, 0.1) is 4.90 Å². The first-order valence-electron chi connectivity index (χ1n) is 5.40. The number of benzene rings is 1. The van der Waals surface area contributed by atoms with Gasteiger partial charge in [-0.05, 0) is 40.5 Å². The highest BCUT2D eigenvalue weighted by Crippen LogP contribution is 2.28. The molecule has 1 aromatic carbocycles. The molecular weight excluding hydrogens is 418 g/mol. The number of aliphatic carboxylic acids is 1. The number of carboxylic acids is 1. The van der Waals surface area contributed by atoms with Crippen LogP contribution in [-0.2, 0) is 19.6 Å². The van der Waals surface area contributed by atoms with Gasteiger partial charge in [0.2, 0.25) is 10.0 Å². The molecule has 112 valence electrons. The van der Waals surface area contributed by atoms with E-state index < -0.39 is 22.1 Å². The third kappa shape index (κ3) is 4.26. The van der Waals surface area contributed by atoms with Crippen LogP contribution < -0.4 is 4.72 Å². The third-order valence-corrected chi connectivity index (χ3v) is 5.76. The number of ether oxygens (including phenoxy) is 1. The van der Waals surface area contributed by atoms with Crippen molar-refractivity contribution in [3.63, 3.8) is 0 Å². The van der Waals surface area contributed by atoms with Crippen LogP contribution in [0.25, 0.3) is 0 Å². The highest BCUT2D eigenvalue weighted by atomic mass is 79.9. The van der Waals surface area contributed by atoms with Crippen molar-refractivity contribution in [2.75, 3.05) is 13.7 Å². The summed E-state index contributed by atoms with van der Waals surface area (Å²) in [5.41, 5.74) is 0.871. The smallest absolute Gasteiger partial charge is 0.334 e. The average molecular weight is 431 g/mol. The normalized spacial score (nSPS) is 13.2. The fourth-order valence-electron chi connectivity index (χ4n) is 1.37. The van der Waals surface area contributed by atoms with Crippen molar-refractivity contribution in [3.05, 3.63) is 26.6 Å². The van der Waals surface area contributed by atoms with Gasteiger partial charge in [-0.2, -0.15) is 0 Å². The van der Waals surface area contributed by atoms with Crippen molar-refractivity contribution in [3.8, 4) is 0 Å². The summed E-state index contributed by atoms with van der Waals surface area (Å²) in [5.74, 6) is -1.24. The van der Waals surface area contributed by atoms with Crippen LogP contribution in [0.4, 0.5) is 0 Å². The highest BCUT2D eigenvalue weighted by Gasteiger charge is 2.23. The fraction of sp³-hybridized carbons (Fsp3) is 0.364. The maximum absolute atomic E-state index is 12.1. The summed E-state index contributed by atoms with van der Waals surface area (Å²) in [7, 11) is -2.64. The number of methoxy groups -OCH3 is 1. The Morgan fingerprint density at radius 1 is 1.40 bits per heavy atom. The minimum absolute atomic E-state index is 0.0233. The number of aryl methyl sites for hydroxylation is 1. The monoisotopic (exact) mass is 429 g/mol. The van der Waals surface area contributed by atoms with Crippen LogP contribution in [0, 0.1) is 6.92 Å². The van der Waals surface area contributed by atoms with Gasteiger partial charge >= 0.3 is 5.97 Å². The van der Waals surface area contributed by atoms with Crippen LogP contribution in [0.1, 0.15) is 5.56 Å². The molecule has 0 fully saturated rings. The molecule has 9 heteroatoms. The van der Waals surface area contributed by atoms with E-state index in [0.29, 0.717) is 8.95 Å². The first-order chi connectivity index (χ1) is 9.19. The lowest BCUT2D eigenvalue weighted by Gasteiger charge is -2.13. The third-order valence-electron chi connectivity index (χ3n) is 2.52. The largest absolute Gasteiger partial charge is 0.479 e. The van der Waals surface area contributed by atoms with Crippen molar-refractivity contribution >= 4 is 47.9 Å². The van der Waals surface area contributed by atoms with Crippen LogP contribution in [0.5, 0.6) is 0 Å². The molecule has 0 bridgehead atoms. The Labute approximate surface area is 133 Å². The van der Waals surface area contributed by atoms with Crippen molar-refractivity contribution < 1.29 is 23.1 Å². The molecule has 0 heterocycles. The molecule has 0 spiro atoms. The molecule has 0 radical (unpaired) electrons. The van der Waals surface area contributed by atoms with Crippen LogP contribution in [0.15, 0.2) is 26.0 Å². The molecule has 0 saturated heterocycles. The van der Waals surface area contributed by atoms with Crippen LogP contribution >= 0.6 is 31.9 Å². The predicted molar refractivity (Wildman–Crippen MR) is 80.2 cm³/mol. The minimum atomic E-state index is -3.84. The maximum Gasteiger partial charge on any atom is 0.334 e. The van der Waals surface area contributed by atoms with Crippen molar-refractivity contribution in [1.82, 2.24) is 4.72 Å². The lowest BCUT2D eigenvalue weighted by Crippen LogP contribution is -2.37. The standard InChI is InChI=1S/C11H13Br2NO5S/c1-6-3-8(13)10(4-7(6)12)20(17,18)14-5-9(19-2)11(15)16/h3-4,9,14H,5H2,1-2H3,(H,15,16). The van der Waals surface area contributed by atoms with Crippen molar-refractivity contribution in [1.29, 1.82) is 0 Å². The zero-order chi connectivity index (χ0) is 15.5. The lowest BCUT2D eigenvalue weighted by molar-refractivity contribution is -0.147. The summed E-state index contributed by atoms with van der Waals surface area (Å²) >= 11 is 6.44. The Bertz CT molecular complexity index is 617. The molecule has 0 aromatic heterocycles. The number of carboxylic acid groups (broad SMARTS) is 1. The summed E-state index contributed by atoms with van der Waals surface area (Å²) in [4.78, 5) is 10.8. The maximum atomic E-state index is 12.1. The number of rotatable bonds is 6. The summed E-state index contributed by atoms with van der Waals surface area (Å²) in [6.45, 7) is 1.47. The molecule has 2 N–H and O–H groups in total. The number of halogens is 2. The van der Waals surface area contributed by atoms with Gasteiger partial charge in [0.15, 0.2) is 6.10 Å². The van der Waals surface area contributed by atoms with Crippen molar-refractivity contribution in [2.45, 2.75) is 17.9 Å². The Kier molecular flexibility index (Phi) is 6.14. The second-order valence-electron chi connectivity index (χ2n) is 3.95. The molecule has 1 atom stereocenters. The molecule has 1 rings (SSSR count). The second kappa shape index (κ2) is 6.99. The minimum Gasteiger partial charge on any atom is -0.479 e. The molecule has 20 heavy (non-hydrogen) atoms. The van der Waals surface area contributed by atoms with Gasteiger partial charge in [-0.15, -0.1) is 0 Å². The Balaban J connectivity index is 3.00. The predicted octanol–water partition coefficient (Wildman–Crippen LogP) is 1.90. The molecule has 6 nitrogen and oxygen atoms in total. The fourth-order valence-corrected chi connectivity index (χ4v) is 4.08. The Morgan fingerprint density at radius 3 is 2.50 bits per heavy atom. The molecule has 0 aliphatic rings. The van der Waals surface area contributed by atoms with Crippen LogP contribution in [0.2, 0.25) is 0 Å². The van der Waals surface area contributed by atoms with Gasteiger partial charge in [0.1, 0.15) is 0 Å². The van der Waals surface area contributed by atoms with E-state index in [0.717, 1.165) is 5.56 Å². The molecular formula is C11H13Br2NO5S. The first-order valence-corrected chi connectivity index (χ1v) is 8.47. The van der Waals surface area contributed by atoms with E-state index in [4.69, 9.17) is 5.11 Å². The Morgan fingerprint density at radius 2 is 2.00 bits per heavy atom. The van der Waals surface area contributed by atoms with Gasteiger partial charge in [0, 0.05) is 22.6 Å². The van der Waals surface area contributed by atoms with Crippen molar-refractivity contribution in [2.24, 2.45) is 0 Å². The molecule has 0 amide bonds. The van der Waals surface area contributed by atoms with Gasteiger partial charge in [0.25, 0.3) is 0 Å². The highest BCUT2D eigenvalue weighted by molar-refractivity contribution is 9.11. The number of sulfonamides is 1. The van der Waals surface area contributed by atoms with E-state index in [1.165, 1.54) is 13.2 Å². The molecule has 0 aliphatic carbocycles. The summed E-state index contributed by atoms with van der Waals surface area (Å²) in [5, 5.41) is 8.80.